The first-order valence-electron chi connectivity index (χ1n) is 7.72. The molecule has 2 rings (SSSR count). The van der Waals surface area contributed by atoms with Crippen LogP contribution in [0.5, 0.6) is 11.5 Å². The van der Waals surface area contributed by atoms with Gasteiger partial charge >= 0.3 is 0 Å². The molecule has 0 saturated heterocycles. The number of hydrogen-bond acceptors (Lipinski definition) is 5. The molecule has 9 heteroatoms. The zero-order valence-corrected chi connectivity index (χ0v) is 16.1. The topological polar surface area (TPSA) is 89.0 Å². The number of para-hydroxylation sites is 1. The Morgan fingerprint density at radius 2 is 1.85 bits per heavy atom. The molecule has 2 N–H and O–H groups in total. The number of rotatable bonds is 7. The molecule has 0 fully saturated rings. The molecule has 7 nitrogen and oxygen atoms in total. The zero-order valence-electron chi connectivity index (χ0n) is 14.6. The van der Waals surface area contributed by atoms with Crippen molar-refractivity contribution in [3.05, 3.63) is 52.0 Å². The molecule has 0 spiro atoms. The number of carbonyl (C=O) groups excluding carboxylic acids is 2. The second-order valence-electron chi connectivity index (χ2n) is 5.23. The number of nitrogens with zero attached hydrogens (tertiary/aromatic N) is 1. The Kier molecular flexibility index (Phi) is 7.45. The number of nitrogens with one attached hydrogen (secondary N) is 2. The first kappa shape index (κ1) is 20.5. The van der Waals surface area contributed by atoms with E-state index in [1.807, 2.05) is 0 Å². The van der Waals surface area contributed by atoms with Gasteiger partial charge in [0.1, 0.15) is 6.42 Å². The quantitative estimate of drug-likeness (QED) is 0.416. The molecule has 0 aliphatic rings. The van der Waals surface area contributed by atoms with Crippen molar-refractivity contribution in [2.75, 3.05) is 19.5 Å². The summed E-state index contributed by atoms with van der Waals surface area (Å²) in [5.41, 5.74) is 3.33. The molecule has 27 heavy (non-hydrogen) atoms. The minimum Gasteiger partial charge on any atom is -0.493 e. The van der Waals surface area contributed by atoms with E-state index in [1.165, 1.54) is 26.5 Å². The van der Waals surface area contributed by atoms with Crippen molar-refractivity contribution in [1.82, 2.24) is 5.43 Å². The number of anilines is 1. The summed E-state index contributed by atoms with van der Waals surface area (Å²) in [6, 6.07) is 9.86. The molecule has 2 aromatic rings. The fraction of sp³-hybridized carbons (Fsp3) is 0.167. The van der Waals surface area contributed by atoms with Crippen LogP contribution >= 0.6 is 23.2 Å². The molecular weight excluding hydrogens is 393 g/mol. The van der Waals surface area contributed by atoms with E-state index in [4.69, 9.17) is 32.7 Å². The number of amides is 2. The first-order valence-corrected chi connectivity index (χ1v) is 8.48. The monoisotopic (exact) mass is 409 g/mol. The normalized spacial score (nSPS) is 10.5. The van der Waals surface area contributed by atoms with Gasteiger partial charge in [-0.3, -0.25) is 9.59 Å². The summed E-state index contributed by atoms with van der Waals surface area (Å²) in [6.45, 7) is 0. The summed E-state index contributed by atoms with van der Waals surface area (Å²) in [5.74, 6) is -0.0742. The van der Waals surface area contributed by atoms with Crippen molar-refractivity contribution in [3.8, 4) is 11.5 Å². The predicted molar refractivity (Wildman–Crippen MR) is 105 cm³/mol. The van der Waals surface area contributed by atoms with Crippen molar-refractivity contribution < 1.29 is 19.1 Å². The lowest BCUT2D eigenvalue weighted by Gasteiger charge is -2.09. The van der Waals surface area contributed by atoms with E-state index < -0.39 is 18.2 Å². The largest absolute Gasteiger partial charge is 0.493 e. The van der Waals surface area contributed by atoms with Gasteiger partial charge in [-0.05, 0) is 30.3 Å². The van der Waals surface area contributed by atoms with Gasteiger partial charge < -0.3 is 14.8 Å². The standard InChI is InChI=1S/C18H17Cl2N3O4/c1-26-15-5-3-4-11(18(15)27-2)10-21-23-17(25)9-16(24)22-12-6-7-13(19)14(20)8-12/h3-8,10H,9H2,1-2H3,(H,22,24)(H,23,25)/b21-10+. The summed E-state index contributed by atoms with van der Waals surface area (Å²) >= 11 is 11.7. The highest BCUT2D eigenvalue weighted by atomic mass is 35.5. The van der Waals surface area contributed by atoms with Crippen LogP contribution in [0.25, 0.3) is 0 Å². The number of benzene rings is 2. The van der Waals surface area contributed by atoms with Crippen LogP contribution in [-0.4, -0.2) is 32.2 Å². The number of hydrazone groups is 1. The number of ether oxygens (including phenoxy) is 2. The molecule has 0 bridgehead atoms. The smallest absolute Gasteiger partial charge is 0.249 e. The maximum absolute atomic E-state index is 11.9. The van der Waals surface area contributed by atoms with Gasteiger partial charge in [0.2, 0.25) is 11.8 Å². The maximum atomic E-state index is 11.9. The highest BCUT2D eigenvalue weighted by Crippen LogP contribution is 2.29. The molecule has 142 valence electrons. The average Bonchev–Trinajstić information content (AvgIpc) is 2.64. The van der Waals surface area contributed by atoms with E-state index in [0.29, 0.717) is 32.8 Å². The van der Waals surface area contributed by atoms with Crippen molar-refractivity contribution in [2.45, 2.75) is 6.42 Å². The molecule has 0 radical (unpaired) electrons. The van der Waals surface area contributed by atoms with Crippen LogP contribution < -0.4 is 20.2 Å². The second-order valence-corrected chi connectivity index (χ2v) is 6.04. The Hall–Kier alpha value is -2.77. The summed E-state index contributed by atoms with van der Waals surface area (Å²) in [6.07, 6.45) is 0.989. The van der Waals surface area contributed by atoms with Crippen LogP contribution in [0.1, 0.15) is 12.0 Å². The summed E-state index contributed by atoms with van der Waals surface area (Å²) in [4.78, 5) is 23.7. The van der Waals surface area contributed by atoms with Crippen LogP contribution in [0.15, 0.2) is 41.5 Å². The number of methoxy groups -OCH3 is 2. The molecule has 0 heterocycles. The number of hydrogen-bond donors (Lipinski definition) is 2. The number of carbonyl (C=O) groups is 2. The lowest BCUT2D eigenvalue weighted by atomic mass is 10.2. The van der Waals surface area contributed by atoms with E-state index in [9.17, 15) is 9.59 Å². The Balaban J connectivity index is 1.91. The minimum absolute atomic E-state index is 0.302. The van der Waals surface area contributed by atoms with Gasteiger partial charge in [0.05, 0.1) is 30.5 Å². The van der Waals surface area contributed by atoms with Crippen LogP contribution in [0.3, 0.4) is 0 Å². The molecule has 0 aliphatic heterocycles. The van der Waals surface area contributed by atoms with Crippen molar-refractivity contribution in [2.24, 2.45) is 5.10 Å². The predicted octanol–water partition coefficient (Wildman–Crippen LogP) is 3.49. The first-order chi connectivity index (χ1) is 12.9. The molecule has 0 aromatic heterocycles. The summed E-state index contributed by atoms with van der Waals surface area (Å²) < 4.78 is 10.4. The Bertz CT molecular complexity index is 872. The van der Waals surface area contributed by atoms with Gasteiger partial charge in [-0.15, -0.1) is 0 Å². The fourth-order valence-electron chi connectivity index (χ4n) is 2.15. The number of halogens is 2. The van der Waals surface area contributed by atoms with Crippen molar-refractivity contribution in [3.63, 3.8) is 0 Å². The van der Waals surface area contributed by atoms with Crippen molar-refractivity contribution >= 4 is 46.9 Å². The van der Waals surface area contributed by atoms with Crippen LogP contribution in [0.4, 0.5) is 5.69 Å². The zero-order chi connectivity index (χ0) is 19.8. The molecule has 0 unspecified atom stereocenters. The third-order valence-electron chi connectivity index (χ3n) is 3.35. The maximum Gasteiger partial charge on any atom is 0.249 e. The van der Waals surface area contributed by atoms with E-state index in [2.05, 4.69) is 15.8 Å². The summed E-state index contributed by atoms with van der Waals surface area (Å²) in [5, 5.41) is 7.06. The van der Waals surface area contributed by atoms with Crippen LogP contribution in [-0.2, 0) is 9.59 Å². The van der Waals surface area contributed by atoms with E-state index in [1.54, 1.807) is 30.3 Å². The highest BCUT2D eigenvalue weighted by Gasteiger charge is 2.11. The minimum atomic E-state index is -0.578. The second kappa shape index (κ2) is 9.80. The lowest BCUT2D eigenvalue weighted by molar-refractivity contribution is -0.126. The van der Waals surface area contributed by atoms with Gasteiger partial charge in [0.15, 0.2) is 11.5 Å². The molecule has 0 aliphatic carbocycles. The third-order valence-corrected chi connectivity index (χ3v) is 4.09. The Labute approximate surface area is 166 Å². The van der Waals surface area contributed by atoms with E-state index in [-0.39, 0.29) is 0 Å². The lowest BCUT2D eigenvalue weighted by Crippen LogP contribution is -2.24. The highest BCUT2D eigenvalue weighted by molar-refractivity contribution is 6.42. The van der Waals surface area contributed by atoms with E-state index in [0.717, 1.165) is 0 Å². The Morgan fingerprint density at radius 1 is 1.07 bits per heavy atom. The Morgan fingerprint density at radius 3 is 2.52 bits per heavy atom. The molecule has 2 aromatic carbocycles. The van der Waals surface area contributed by atoms with Gasteiger partial charge in [0, 0.05) is 11.3 Å². The molecule has 0 saturated carbocycles. The van der Waals surface area contributed by atoms with Gasteiger partial charge in [-0.1, -0.05) is 29.3 Å². The van der Waals surface area contributed by atoms with Crippen molar-refractivity contribution in [1.29, 1.82) is 0 Å². The van der Waals surface area contributed by atoms with Gasteiger partial charge in [0.25, 0.3) is 0 Å². The fourth-order valence-corrected chi connectivity index (χ4v) is 2.45. The average molecular weight is 410 g/mol. The SMILES string of the molecule is COc1cccc(/C=N/NC(=O)CC(=O)Nc2ccc(Cl)c(Cl)c2)c1OC. The molecule has 0 atom stereocenters. The summed E-state index contributed by atoms with van der Waals surface area (Å²) in [7, 11) is 3.02. The van der Waals surface area contributed by atoms with Gasteiger partial charge in [-0.2, -0.15) is 5.10 Å². The third kappa shape index (κ3) is 5.87. The molecule has 2 amide bonds. The van der Waals surface area contributed by atoms with Gasteiger partial charge in [-0.25, -0.2) is 5.43 Å². The van der Waals surface area contributed by atoms with Crippen LogP contribution in [0.2, 0.25) is 10.0 Å². The van der Waals surface area contributed by atoms with Crippen LogP contribution in [0, 0.1) is 0 Å². The van der Waals surface area contributed by atoms with E-state index >= 15 is 0 Å². The molecular formula is C18H17Cl2N3O4.